The number of benzene rings is 2. The van der Waals surface area contributed by atoms with Gasteiger partial charge in [0.05, 0.1) is 11.4 Å². The van der Waals surface area contributed by atoms with Crippen LogP contribution in [-0.4, -0.2) is 10.2 Å². The first kappa shape index (κ1) is 11.9. The molecule has 0 saturated carbocycles. The molecule has 0 amide bonds. The molecule has 19 heavy (non-hydrogen) atoms. The van der Waals surface area contributed by atoms with Crippen molar-refractivity contribution in [3.8, 4) is 11.3 Å². The summed E-state index contributed by atoms with van der Waals surface area (Å²) in [6.07, 6.45) is 0. The third-order valence-electron chi connectivity index (χ3n) is 2.83. The van der Waals surface area contributed by atoms with Crippen LogP contribution in [0, 0.1) is 0 Å². The number of aromatic amines is 1. The summed E-state index contributed by atoms with van der Waals surface area (Å²) >= 11 is 4.40. The zero-order chi connectivity index (χ0) is 13.1. The Kier molecular flexibility index (Phi) is 3.25. The minimum Gasteiger partial charge on any atom is -0.338 e. The van der Waals surface area contributed by atoms with Crippen LogP contribution in [0.25, 0.3) is 11.3 Å². The van der Waals surface area contributed by atoms with E-state index in [4.69, 9.17) is 0 Å². The topological polar surface area (TPSA) is 40.7 Å². The third kappa shape index (κ3) is 2.63. The van der Waals surface area contributed by atoms with Gasteiger partial charge in [0, 0.05) is 11.0 Å². The highest BCUT2D eigenvalue weighted by atomic mass is 32.1. The SMILES string of the molecule is Sc1ccccc1Nc1cc(-c2ccccc2)[nH]n1. The molecule has 0 radical (unpaired) electrons. The predicted octanol–water partition coefficient (Wildman–Crippen LogP) is 4.11. The highest BCUT2D eigenvalue weighted by Crippen LogP contribution is 2.25. The lowest BCUT2D eigenvalue weighted by Gasteiger charge is -2.04. The van der Waals surface area contributed by atoms with Crippen LogP contribution >= 0.6 is 12.6 Å². The van der Waals surface area contributed by atoms with Crippen LogP contribution in [0.5, 0.6) is 0 Å². The van der Waals surface area contributed by atoms with Gasteiger partial charge < -0.3 is 5.32 Å². The van der Waals surface area contributed by atoms with Crippen molar-refractivity contribution in [3.05, 3.63) is 60.7 Å². The van der Waals surface area contributed by atoms with Gasteiger partial charge in [-0.15, -0.1) is 12.6 Å². The first-order chi connectivity index (χ1) is 9.33. The van der Waals surface area contributed by atoms with Crippen LogP contribution < -0.4 is 5.32 Å². The average molecular weight is 267 g/mol. The number of anilines is 2. The minimum absolute atomic E-state index is 0.778. The summed E-state index contributed by atoms with van der Waals surface area (Å²) in [6.45, 7) is 0. The number of nitrogens with zero attached hydrogens (tertiary/aromatic N) is 1. The van der Waals surface area contributed by atoms with Gasteiger partial charge in [0.1, 0.15) is 0 Å². The van der Waals surface area contributed by atoms with Crippen molar-refractivity contribution in [3.63, 3.8) is 0 Å². The number of hydrogen-bond acceptors (Lipinski definition) is 3. The zero-order valence-corrected chi connectivity index (χ0v) is 11.1. The Bertz CT molecular complexity index is 677. The maximum Gasteiger partial charge on any atom is 0.152 e. The van der Waals surface area contributed by atoms with E-state index in [-0.39, 0.29) is 0 Å². The Morgan fingerprint density at radius 1 is 0.947 bits per heavy atom. The van der Waals surface area contributed by atoms with Crippen LogP contribution in [-0.2, 0) is 0 Å². The van der Waals surface area contributed by atoms with Crippen LogP contribution in [0.4, 0.5) is 11.5 Å². The van der Waals surface area contributed by atoms with Gasteiger partial charge >= 0.3 is 0 Å². The van der Waals surface area contributed by atoms with Gasteiger partial charge in [-0.3, -0.25) is 5.10 Å². The molecule has 3 aromatic rings. The molecule has 1 aromatic heterocycles. The molecule has 0 saturated heterocycles. The Labute approximate surface area is 117 Å². The number of thiol groups is 1. The summed E-state index contributed by atoms with van der Waals surface area (Å²) in [4.78, 5) is 0.895. The van der Waals surface area contributed by atoms with E-state index in [9.17, 15) is 0 Å². The molecular weight excluding hydrogens is 254 g/mol. The summed E-state index contributed by atoms with van der Waals surface area (Å²) in [5, 5.41) is 10.5. The number of hydrogen-bond donors (Lipinski definition) is 3. The van der Waals surface area contributed by atoms with Gasteiger partial charge in [-0.1, -0.05) is 42.5 Å². The molecule has 2 aromatic carbocycles. The van der Waals surface area contributed by atoms with E-state index in [2.05, 4.69) is 28.1 Å². The lowest BCUT2D eigenvalue weighted by molar-refractivity contribution is 1.10. The van der Waals surface area contributed by atoms with Crippen LogP contribution in [0.3, 0.4) is 0 Å². The molecule has 0 atom stereocenters. The van der Waals surface area contributed by atoms with E-state index in [1.54, 1.807) is 0 Å². The smallest absolute Gasteiger partial charge is 0.152 e. The van der Waals surface area contributed by atoms with E-state index in [0.29, 0.717) is 0 Å². The molecule has 0 aliphatic carbocycles. The summed E-state index contributed by atoms with van der Waals surface area (Å²) in [5.74, 6) is 0.778. The maximum atomic E-state index is 4.40. The van der Waals surface area contributed by atoms with Gasteiger partial charge in [-0.2, -0.15) is 5.10 Å². The Balaban J connectivity index is 1.85. The molecule has 4 heteroatoms. The Morgan fingerprint density at radius 3 is 2.47 bits per heavy atom. The number of aromatic nitrogens is 2. The summed E-state index contributed by atoms with van der Waals surface area (Å²) in [6, 6.07) is 19.9. The van der Waals surface area contributed by atoms with Crippen LogP contribution in [0.15, 0.2) is 65.6 Å². The third-order valence-corrected chi connectivity index (χ3v) is 3.22. The maximum absolute atomic E-state index is 4.40. The fourth-order valence-electron chi connectivity index (χ4n) is 1.87. The fraction of sp³-hybridized carbons (Fsp3) is 0. The standard InChI is InChI=1S/C15H13N3S/c19-14-9-5-4-8-12(14)16-15-10-13(17-18-15)11-6-2-1-3-7-11/h1-10,19H,(H2,16,17,18). The number of H-pyrrole nitrogens is 1. The largest absolute Gasteiger partial charge is 0.338 e. The molecule has 0 aliphatic heterocycles. The number of para-hydroxylation sites is 1. The van der Waals surface area contributed by atoms with Crippen LogP contribution in [0.2, 0.25) is 0 Å². The molecule has 3 rings (SSSR count). The summed E-state index contributed by atoms with van der Waals surface area (Å²) < 4.78 is 0. The van der Waals surface area contributed by atoms with E-state index >= 15 is 0 Å². The molecule has 1 heterocycles. The molecule has 0 aliphatic rings. The summed E-state index contributed by atoms with van der Waals surface area (Å²) in [5.41, 5.74) is 3.04. The fourth-order valence-corrected chi connectivity index (χ4v) is 2.09. The molecule has 3 nitrogen and oxygen atoms in total. The normalized spacial score (nSPS) is 10.4. The first-order valence-electron chi connectivity index (χ1n) is 5.99. The van der Waals surface area contributed by atoms with Gasteiger partial charge in [-0.05, 0) is 17.7 Å². The van der Waals surface area contributed by atoms with Crippen molar-refractivity contribution in [2.75, 3.05) is 5.32 Å². The van der Waals surface area contributed by atoms with Crippen LogP contribution in [0.1, 0.15) is 0 Å². The first-order valence-corrected chi connectivity index (χ1v) is 6.43. The Hall–Kier alpha value is -2.20. The van der Waals surface area contributed by atoms with Crippen molar-refractivity contribution in [1.82, 2.24) is 10.2 Å². The van der Waals surface area contributed by atoms with E-state index in [1.165, 1.54) is 0 Å². The molecular formula is C15H13N3S. The van der Waals surface area contributed by atoms with E-state index in [1.807, 2.05) is 60.7 Å². The van der Waals surface area contributed by atoms with E-state index in [0.717, 1.165) is 27.7 Å². The number of nitrogens with one attached hydrogen (secondary N) is 2. The number of rotatable bonds is 3. The van der Waals surface area contributed by atoms with Crippen molar-refractivity contribution in [2.45, 2.75) is 4.90 Å². The van der Waals surface area contributed by atoms with E-state index < -0.39 is 0 Å². The molecule has 0 spiro atoms. The molecule has 0 unspecified atom stereocenters. The van der Waals surface area contributed by atoms with Crippen molar-refractivity contribution in [1.29, 1.82) is 0 Å². The second kappa shape index (κ2) is 5.20. The zero-order valence-electron chi connectivity index (χ0n) is 10.2. The lowest BCUT2D eigenvalue weighted by atomic mass is 10.1. The quantitative estimate of drug-likeness (QED) is 0.625. The van der Waals surface area contributed by atoms with Gasteiger partial charge in [0.25, 0.3) is 0 Å². The van der Waals surface area contributed by atoms with Gasteiger partial charge in [-0.25, -0.2) is 0 Å². The molecule has 0 fully saturated rings. The lowest BCUT2D eigenvalue weighted by Crippen LogP contribution is -1.91. The highest BCUT2D eigenvalue weighted by molar-refractivity contribution is 7.80. The predicted molar refractivity (Wildman–Crippen MR) is 81.0 cm³/mol. The van der Waals surface area contributed by atoms with Crippen molar-refractivity contribution in [2.24, 2.45) is 0 Å². The highest BCUT2D eigenvalue weighted by Gasteiger charge is 2.04. The molecule has 94 valence electrons. The molecule has 0 bridgehead atoms. The van der Waals surface area contributed by atoms with Crippen molar-refractivity contribution >= 4 is 24.1 Å². The summed E-state index contributed by atoms with van der Waals surface area (Å²) in [7, 11) is 0. The monoisotopic (exact) mass is 267 g/mol. The second-order valence-electron chi connectivity index (χ2n) is 4.18. The second-order valence-corrected chi connectivity index (χ2v) is 4.66. The Morgan fingerprint density at radius 2 is 1.68 bits per heavy atom. The average Bonchev–Trinajstić information content (AvgIpc) is 2.91. The van der Waals surface area contributed by atoms with Gasteiger partial charge in [0.15, 0.2) is 5.82 Å². The molecule has 2 N–H and O–H groups in total. The minimum atomic E-state index is 0.778. The van der Waals surface area contributed by atoms with Gasteiger partial charge in [0.2, 0.25) is 0 Å². The van der Waals surface area contributed by atoms with Crippen molar-refractivity contribution < 1.29 is 0 Å².